The molecular weight excluding hydrogens is 647 g/mol. The predicted octanol–water partition coefficient (Wildman–Crippen LogP) is 7.42. The van der Waals surface area contributed by atoms with Crippen molar-refractivity contribution in [3.8, 4) is 11.5 Å². The number of carbonyl (C=O) groups is 2. The molecule has 3 aliphatic rings. The molecule has 2 aromatic heterocycles. The number of likely N-dealkylation sites (tertiary alicyclic amines) is 2. The van der Waals surface area contributed by atoms with Gasteiger partial charge in [0.15, 0.2) is 0 Å². The number of pyridine rings is 1. The van der Waals surface area contributed by atoms with Gasteiger partial charge in [0.25, 0.3) is 5.91 Å². The van der Waals surface area contributed by atoms with E-state index < -0.39 is 0 Å². The van der Waals surface area contributed by atoms with E-state index in [4.69, 9.17) is 37.4 Å². The number of carbonyl (C=O) groups excluding carboxylic acids is 2. The van der Waals surface area contributed by atoms with Gasteiger partial charge >= 0.3 is 6.09 Å². The van der Waals surface area contributed by atoms with Crippen molar-refractivity contribution >= 4 is 62.3 Å². The van der Waals surface area contributed by atoms with Crippen molar-refractivity contribution in [2.75, 3.05) is 38.2 Å². The number of hydrogen-bond acceptors (Lipinski definition) is 8. The first-order valence-corrected chi connectivity index (χ1v) is 17.1. The van der Waals surface area contributed by atoms with Crippen molar-refractivity contribution in [3.63, 3.8) is 0 Å². The van der Waals surface area contributed by atoms with Crippen LogP contribution in [-0.2, 0) is 17.9 Å². The van der Waals surface area contributed by atoms with Gasteiger partial charge in [-0.15, -0.1) is 11.3 Å². The standard InChI is InChI=1S/C34H34Cl2N4O5S/c1-43-29-17-25(45-24-10-12-38(13-11-24)19-22-16-30-27(18-37-22)31(35)32(36)46-30)6-7-26(29)33(41)39-14-8-23(9-15-39)40-28-5-3-2-4-21(28)20-44-34(40)42/h2-7,16-18,23-24H,8-15,19-20H2,1H3. The first-order chi connectivity index (χ1) is 22.4. The number of methoxy groups -OCH3 is 1. The average Bonchev–Trinajstić information content (AvgIpc) is 3.37. The fraction of sp³-hybridized carbons (Fsp3) is 0.382. The molecule has 12 heteroatoms. The molecule has 0 unspecified atom stereocenters. The van der Waals surface area contributed by atoms with Crippen molar-refractivity contribution in [3.05, 3.63) is 80.9 Å². The molecule has 2 aromatic carbocycles. The molecule has 0 radical (unpaired) electrons. The van der Waals surface area contributed by atoms with E-state index in [1.54, 1.807) is 18.1 Å². The van der Waals surface area contributed by atoms with Gasteiger partial charge < -0.3 is 19.1 Å². The maximum Gasteiger partial charge on any atom is 0.414 e. The third-order valence-corrected chi connectivity index (χ3v) is 11.0. The number of anilines is 1. The lowest BCUT2D eigenvalue weighted by molar-refractivity contribution is 0.0704. The average molecular weight is 682 g/mol. The highest BCUT2D eigenvalue weighted by molar-refractivity contribution is 7.23. The summed E-state index contributed by atoms with van der Waals surface area (Å²) in [5.41, 5.74) is 3.40. The Morgan fingerprint density at radius 3 is 2.61 bits per heavy atom. The summed E-state index contributed by atoms with van der Waals surface area (Å²) in [7, 11) is 1.57. The van der Waals surface area contributed by atoms with Crippen molar-refractivity contribution in [1.82, 2.24) is 14.8 Å². The number of rotatable bonds is 7. The predicted molar refractivity (Wildman–Crippen MR) is 180 cm³/mol. The van der Waals surface area contributed by atoms with Crippen molar-refractivity contribution in [2.24, 2.45) is 0 Å². The fourth-order valence-electron chi connectivity index (χ4n) is 6.61. The molecule has 0 aliphatic carbocycles. The minimum atomic E-state index is -0.323. The van der Waals surface area contributed by atoms with E-state index in [0.29, 0.717) is 59.0 Å². The Kier molecular flexibility index (Phi) is 8.96. The van der Waals surface area contributed by atoms with Crippen LogP contribution in [0.5, 0.6) is 11.5 Å². The van der Waals surface area contributed by atoms with E-state index in [2.05, 4.69) is 16.0 Å². The second-order valence-electron chi connectivity index (χ2n) is 11.9. The van der Waals surface area contributed by atoms with Crippen LogP contribution in [0.2, 0.25) is 9.36 Å². The first kappa shape index (κ1) is 31.1. The number of piperidine rings is 2. The quantitative estimate of drug-likeness (QED) is 0.201. The number of ether oxygens (including phenoxy) is 3. The normalized spacial score (nSPS) is 18.0. The van der Waals surface area contributed by atoms with Crippen LogP contribution >= 0.6 is 34.5 Å². The number of halogens is 2. The van der Waals surface area contributed by atoms with Gasteiger partial charge in [-0.05, 0) is 49.9 Å². The van der Waals surface area contributed by atoms with Gasteiger partial charge in [-0.3, -0.25) is 19.6 Å². The largest absolute Gasteiger partial charge is 0.496 e. The smallest absolute Gasteiger partial charge is 0.414 e. The maximum absolute atomic E-state index is 13.6. The molecular formula is C34H34Cl2N4O5S. The third-order valence-electron chi connectivity index (χ3n) is 9.07. The maximum atomic E-state index is 13.6. The molecule has 0 bridgehead atoms. The Hall–Kier alpha value is -3.57. The number of thiophene rings is 1. The van der Waals surface area contributed by atoms with Gasteiger partial charge in [0.2, 0.25) is 0 Å². The topological polar surface area (TPSA) is 84.4 Å². The summed E-state index contributed by atoms with van der Waals surface area (Å²) < 4.78 is 19.1. The van der Waals surface area contributed by atoms with Crippen LogP contribution in [0.4, 0.5) is 10.5 Å². The molecule has 3 aliphatic heterocycles. The van der Waals surface area contributed by atoms with Crippen LogP contribution in [0.1, 0.15) is 47.3 Å². The summed E-state index contributed by atoms with van der Waals surface area (Å²) >= 11 is 13.9. The number of aromatic nitrogens is 1. The molecule has 2 saturated heterocycles. The zero-order valence-electron chi connectivity index (χ0n) is 25.4. The van der Waals surface area contributed by atoms with Gasteiger partial charge in [-0.1, -0.05) is 41.4 Å². The summed E-state index contributed by atoms with van der Waals surface area (Å²) in [5.74, 6) is 1.09. The van der Waals surface area contributed by atoms with Crippen LogP contribution in [0, 0.1) is 0 Å². The Morgan fingerprint density at radius 1 is 1.04 bits per heavy atom. The Balaban J connectivity index is 0.930. The monoisotopic (exact) mass is 680 g/mol. The number of nitrogens with zero attached hydrogens (tertiary/aromatic N) is 4. The Labute approximate surface area is 281 Å². The zero-order valence-corrected chi connectivity index (χ0v) is 27.7. The van der Waals surface area contributed by atoms with Crippen LogP contribution in [0.15, 0.2) is 54.7 Å². The summed E-state index contributed by atoms with van der Waals surface area (Å²) in [6, 6.07) is 15.3. The first-order valence-electron chi connectivity index (χ1n) is 15.5. The molecule has 46 heavy (non-hydrogen) atoms. The van der Waals surface area contributed by atoms with Gasteiger partial charge in [0.1, 0.15) is 28.5 Å². The highest BCUT2D eigenvalue weighted by Crippen LogP contribution is 2.39. The lowest BCUT2D eigenvalue weighted by Gasteiger charge is -2.40. The summed E-state index contributed by atoms with van der Waals surface area (Å²) in [6.07, 6.45) is 4.64. The number of hydrogen-bond donors (Lipinski definition) is 0. The molecule has 2 fully saturated rings. The molecule has 0 N–H and O–H groups in total. The fourth-order valence-corrected chi connectivity index (χ4v) is 8.13. The Bertz CT molecular complexity index is 1770. The third kappa shape index (κ3) is 6.23. The molecule has 2 amide bonds. The van der Waals surface area contributed by atoms with E-state index in [1.807, 2.05) is 47.5 Å². The second kappa shape index (κ2) is 13.3. The van der Waals surface area contributed by atoms with Gasteiger partial charge in [0, 0.05) is 66.7 Å². The van der Waals surface area contributed by atoms with Crippen molar-refractivity contribution in [2.45, 2.75) is 51.0 Å². The molecule has 5 heterocycles. The highest BCUT2D eigenvalue weighted by Gasteiger charge is 2.35. The minimum absolute atomic E-state index is 0.0266. The number of amides is 2. The lowest BCUT2D eigenvalue weighted by Crippen LogP contribution is -2.50. The molecule has 0 atom stereocenters. The number of cyclic esters (lactones) is 1. The molecule has 4 aromatic rings. The van der Waals surface area contributed by atoms with Crippen LogP contribution < -0.4 is 14.4 Å². The van der Waals surface area contributed by atoms with Gasteiger partial charge in [-0.2, -0.15) is 0 Å². The molecule has 0 saturated carbocycles. The summed E-state index contributed by atoms with van der Waals surface area (Å²) in [6.45, 7) is 3.90. The number of fused-ring (bicyclic) bond motifs is 2. The van der Waals surface area contributed by atoms with Crippen molar-refractivity contribution in [1.29, 1.82) is 0 Å². The van der Waals surface area contributed by atoms with Crippen LogP contribution in [-0.4, -0.2) is 72.2 Å². The molecule has 7 rings (SSSR count). The van der Waals surface area contributed by atoms with E-state index in [1.165, 1.54) is 11.3 Å². The van der Waals surface area contributed by atoms with E-state index >= 15 is 0 Å². The zero-order chi connectivity index (χ0) is 31.8. The number of benzene rings is 2. The summed E-state index contributed by atoms with van der Waals surface area (Å²) in [4.78, 5) is 36.8. The van der Waals surface area contributed by atoms with Crippen LogP contribution in [0.25, 0.3) is 10.1 Å². The van der Waals surface area contributed by atoms with E-state index in [-0.39, 0.29) is 24.1 Å². The summed E-state index contributed by atoms with van der Waals surface area (Å²) in [5, 5.41) is 1.47. The second-order valence-corrected chi connectivity index (χ2v) is 13.9. The van der Waals surface area contributed by atoms with Gasteiger partial charge in [0.05, 0.1) is 29.1 Å². The molecule has 240 valence electrons. The molecule has 0 spiro atoms. The Morgan fingerprint density at radius 2 is 1.83 bits per heavy atom. The van der Waals surface area contributed by atoms with Crippen LogP contribution in [0.3, 0.4) is 0 Å². The lowest BCUT2D eigenvalue weighted by atomic mass is 10.00. The van der Waals surface area contributed by atoms with Gasteiger partial charge in [-0.25, -0.2) is 4.79 Å². The SMILES string of the molecule is COc1cc(OC2CCN(Cc3cc4sc(Cl)c(Cl)c4cn3)CC2)ccc1C(=O)N1CCC(N2C(=O)OCc3ccccc32)CC1. The highest BCUT2D eigenvalue weighted by atomic mass is 35.5. The molecule has 9 nitrogen and oxygen atoms in total. The number of para-hydroxylation sites is 1. The van der Waals surface area contributed by atoms with E-state index in [0.717, 1.165) is 59.5 Å². The minimum Gasteiger partial charge on any atom is -0.496 e. The van der Waals surface area contributed by atoms with E-state index in [9.17, 15) is 9.59 Å². The van der Waals surface area contributed by atoms with Crippen molar-refractivity contribution < 1.29 is 23.8 Å².